The van der Waals surface area contributed by atoms with Gasteiger partial charge in [0, 0.05) is 16.5 Å². The molecule has 3 rings (SSSR count). The monoisotopic (exact) mass is 262 g/mol. The largest absolute Gasteiger partial charge is 0.507 e. The first-order valence-electron chi connectivity index (χ1n) is 5.31. The number of furan rings is 1. The van der Waals surface area contributed by atoms with E-state index in [0.717, 1.165) is 11.5 Å². The van der Waals surface area contributed by atoms with Crippen LogP contribution in [0, 0.1) is 5.82 Å². The van der Waals surface area contributed by atoms with Crippen molar-refractivity contribution in [2.75, 3.05) is 0 Å². The van der Waals surface area contributed by atoms with Gasteiger partial charge in [0.2, 0.25) is 0 Å². The van der Waals surface area contributed by atoms with Crippen molar-refractivity contribution in [3.8, 4) is 17.1 Å². The van der Waals surface area contributed by atoms with Crippen LogP contribution in [0.1, 0.15) is 0 Å². The van der Waals surface area contributed by atoms with Gasteiger partial charge in [-0.3, -0.25) is 0 Å². The summed E-state index contributed by atoms with van der Waals surface area (Å²) in [6, 6.07) is 10.8. The molecule has 0 radical (unpaired) electrons. The SMILES string of the molecule is Oc1cc(F)ccc1-c1cc2cc(Cl)ccc2o1. The maximum atomic E-state index is 12.9. The molecule has 0 spiro atoms. The summed E-state index contributed by atoms with van der Waals surface area (Å²) in [7, 11) is 0. The highest BCUT2D eigenvalue weighted by Gasteiger charge is 2.11. The van der Waals surface area contributed by atoms with Crippen molar-refractivity contribution in [1.29, 1.82) is 0 Å². The van der Waals surface area contributed by atoms with E-state index in [-0.39, 0.29) is 5.75 Å². The molecule has 18 heavy (non-hydrogen) atoms. The molecule has 0 saturated heterocycles. The summed E-state index contributed by atoms with van der Waals surface area (Å²) in [4.78, 5) is 0. The molecule has 90 valence electrons. The zero-order valence-corrected chi connectivity index (χ0v) is 9.91. The first-order valence-corrected chi connectivity index (χ1v) is 5.69. The Kier molecular flexibility index (Phi) is 2.49. The van der Waals surface area contributed by atoms with E-state index >= 15 is 0 Å². The van der Waals surface area contributed by atoms with Crippen molar-refractivity contribution < 1.29 is 13.9 Å². The van der Waals surface area contributed by atoms with Crippen LogP contribution in [0.4, 0.5) is 4.39 Å². The number of halogens is 2. The number of phenolic OH excluding ortho intramolecular Hbond substituents is 1. The molecule has 1 aromatic heterocycles. The van der Waals surface area contributed by atoms with Crippen LogP contribution in [0.25, 0.3) is 22.3 Å². The zero-order chi connectivity index (χ0) is 12.7. The first kappa shape index (κ1) is 11.1. The van der Waals surface area contributed by atoms with Crippen LogP contribution in [0.5, 0.6) is 5.75 Å². The second kappa shape index (κ2) is 4.03. The fraction of sp³-hybridized carbons (Fsp3) is 0. The van der Waals surface area contributed by atoms with Crippen molar-refractivity contribution >= 4 is 22.6 Å². The van der Waals surface area contributed by atoms with Crippen molar-refractivity contribution in [3.63, 3.8) is 0 Å². The average molecular weight is 263 g/mol. The minimum absolute atomic E-state index is 0.153. The van der Waals surface area contributed by atoms with E-state index in [1.807, 2.05) is 0 Å². The Labute approximate surface area is 107 Å². The molecule has 0 unspecified atom stereocenters. The minimum Gasteiger partial charge on any atom is -0.507 e. The normalized spacial score (nSPS) is 11.0. The molecule has 2 nitrogen and oxygen atoms in total. The van der Waals surface area contributed by atoms with Gasteiger partial charge in [-0.1, -0.05) is 11.6 Å². The third-order valence-electron chi connectivity index (χ3n) is 2.70. The summed E-state index contributed by atoms with van der Waals surface area (Å²) in [6.45, 7) is 0. The lowest BCUT2D eigenvalue weighted by Gasteiger charge is -2.00. The quantitative estimate of drug-likeness (QED) is 0.695. The maximum Gasteiger partial charge on any atom is 0.139 e. The van der Waals surface area contributed by atoms with Crippen LogP contribution in [0.3, 0.4) is 0 Å². The highest BCUT2D eigenvalue weighted by molar-refractivity contribution is 6.31. The Morgan fingerprint density at radius 1 is 1.06 bits per heavy atom. The Morgan fingerprint density at radius 2 is 1.89 bits per heavy atom. The summed E-state index contributed by atoms with van der Waals surface area (Å²) in [5.74, 6) is -0.166. The highest BCUT2D eigenvalue weighted by Crippen LogP contribution is 2.34. The molecule has 1 N–H and O–H groups in total. The molecule has 4 heteroatoms. The summed E-state index contributed by atoms with van der Waals surface area (Å²) in [5, 5.41) is 11.1. The predicted octanol–water partition coefficient (Wildman–Crippen LogP) is 4.60. The Hall–Kier alpha value is -2.00. The lowest BCUT2D eigenvalue weighted by molar-refractivity contribution is 0.468. The standard InChI is InChI=1S/C14H8ClFO2/c15-9-1-4-13-8(5-9)6-14(18-13)11-3-2-10(16)7-12(11)17/h1-7,17H. The van der Waals surface area contributed by atoms with E-state index < -0.39 is 5.82 Å². The average Bonchev–Trinajstić information content (AvgIpc) is 2.71. The smallest absolute Gasteiger partial charge is 0.139 e. The lowest BCUT2D eigenvalue weighted by Crippen LogP contribution is -1.78. The van der Waals surface area contributed by atoms with E-state index in [1.54, 1.807) is 24.3 Å². The number of fused-ring (bicyclic) bond motifs is 1. The van der Waals surface area contributed by atoms with E-state index in [9.17, 15) is 9.50 Å². The Bertz CT molecular complexity index is 734. The minimum atomic E-state index is -0.490. The van der Waals surface area contributed by atoms with E-state index in [1.165, 1.54) is 12.1 Å². The lowest BCUT2D eigenvalue weighted by atomic mass is 10.1. The molecule has 0 amide bonds. The molecular weight excluding hydrogens is 255 g/mol. The predicted molar refractivity (Wildman–Crippen MR) is 68.3 cm³/mol. The summed E-state index contributed by atoms with van der Waals surface area (Å²) in [5.41, 5.74) is 1.11. The Balaban J connectivity index is 2.19. The Morgan fingerprint density at radius 3 is 2.67 bits per heavy atom. The molecular formula is C14H8ClFO2. The van der Waals surface area contributed by atoms with E-state index in [0.29, 0.717) is 21.9 Å². The third kappa shape index (κ3) is 1.83. The molecule has 2 aromatic carbocycles. The number of hydrogen-bond donors (Lipinski definition) is 1. The van der Waals surface area contributed by atoms with Gasteiger partial charge < -0.3 is 9.52 Å². The van der Waals surface area contributed by atoms with Gasteiger partial charge in [-0.2, -0.15) is 0 Å². The van der Waals surface area contributed by atoms with E-state index in [4.69, 9.17) is 16.0 Å². The van der Waals surface area contributed by atoms with Gasteiger partial charge in [0.1, 0.15) is 22.9 Å². The number of phenols is 1. The second-order valence-electron chi connectivity index (χ2n) is 3.95. The molecule has 0 aliphatic heterocycles. The molecule has 0 bridgehead atoms. The van der Waals surface area contributed by atoms with Crippen LogP contribution < -0.4 is 0 Å². The fourth-order valence-electron chi connectivity index (χ4n) is 1.86. The molecule has 1 heterocycles. The van der Waals surface area contributed by atoms with Gasteiger partial charge in [-0.05, 0) is 36.4 Å². The number of rotatable bonds is 1. The van der Waals surface area contributed by atoms with E-state index in [2.05, 4.69) is 0 Å². The van der Waals surface area contributed by atoms with Crippen molar-refractivity contribution in [2.45, 2.75) is 0 Å². The number of aromatic hydroxyl groups is 1. The number of hydrogen-bond acceptors (Lipinski definition) is 2. The van der Waals surface area contributed by atoms with Crippen LogP contribution in [0.15, 0.2) is 46.9 Å². The van der Waals surface area contributed by atoms with Gasteiger partial charge in [-0.25, -0.2) is 4.39 Å². The second-order valence-corrected chi connectivity index (χ2v) is 4.39. The van der Waals surface area contributed by atoms with Crippen molar-refractivity contribution in [3.05, 3.63) is 53.3 Å². The maximum absolute atomic E-state index is 12.9. The fourth-order valence-corrected chi connectivity index (χ4v) is 2.04. The van der Waals surface area contributed by atoms with Crippen LogP contribution in [-0.2, 0) is 0 Å². The number of benzene rings is 2. The topological polar surface area (TPSA) is 33.4 Å². The van der Waals surface area contributed by atoms with Crippen molar-refractivity contribution in [2.24, 2.45) is 0 Å². The van der Waals surface area contributed by atoms with Gasteiger partial charge in [-0.15, -0.1) is 0 Å². The van der Waals surface area contributed by atoms with Gasteiger partial charge in [0.05, 0.1) is 5.56 Å². The molecule has 3 aromatic rings. The summed E-state index contributed by atoms with van der Waals surface area (Å²) >= 11 is 5.89. The summed E-state index contributed by atoms with van der Waals surface area (Å²) in [6.07, 6.45) is 0. The van der Waals surface area contributed by atoms with Crippen LogP contribution in [0.2, 0.25) is 5.02 Å². The first-order chi connectivity index (χ1) is 8.63. The molecule has 0 aliphatic carbocycles. The van der Waals surface area contributed by atoms with Gasteiger partial charge >= 0.3 is 0 Å². The third-order valence-corrected chi connectivity index (χ3v) is 2.94. The molecule has 0 atom stereocenters. The molecule has 0 fully saturated rings. The molecule has 0 aliphatic rings. The molecule has 0 saturated carbocycles. The zero-order valence-electron chi connectivity index (χ0n) is 9.15. The van der Waals surface area contributed by atoms with Gasteiger partial charge in [0.25, 0.3) is 0 Å². The summed E-state index contributed by atoms with van der Waals surface area (Å²) < 4.78 is 18.5. The van der Waals surface area contributed by atoms with Gasteiger partial charge in [0.15, 0.2) is 0 Å². The van der Waals surface area contributed by atoms with Crippen molar-refractivity contribution in [1.82, 2.24) is 0 Å². The highest BCUT2D eigenvalue weighted by atomic mass is 35.5. The van der Waals surface area contributed by atoms with Crippen LogP contribution >= 0.6 is 11.6 Å². The van der Waals surface area contributed by atoms with Crippen LogP contribution in [-0.4, -0.2) is 5.11 Å².